The van der Waals surface area contributed by atoms with Gasteiger partial charge < -0.3 is 4.57 Å². The van der Waals surface area contributed by atoms with Crippen LogP contribution in [0.1, 0.15) is 33.6 Å². The molecule has 0 saturated carbocycles. The predicted octanol–water partition coefficient (Wildman–Crippen LogP) is 5.09. The first kappa shape index (κ1) is 20.9. The number of carbonyl (C=O) groups excluding carboxylic acids is 1. The van der Waals surface area contributed by atoms with Crippen LogP contribution in [0.4, 0.5) is 0 Å². The largest absolute Gasteiger partial charge is 0.318 e. The Balaban J connectivity index is 1.58. The number of thioether (sulfide) groups is 1. The molecule has 4 nitrogen and oxygen atoms in total. The van der Waals surface area contributed by atoms with Crippen molar-refractivity contribution in [1.82, 2.24) is 9.99 Å². The summed E-state index contributed by atoms with van der Waals surface area (Å²) in [5.41, 5.74) is 10.8. The molecule has 1 aromatic heterocycles. The second-order valence-electron chi connectivity index (χ2n) is 7.16. The summed E-state index contributed by atoms with van der Waals surface area (Å²) >= 11 is 1.59. The highest BCUT2D eigenvalue weighted by molar-refractivity contribution is 7.99. The summed E-state index contributed by atoms with van der Waals surface area (Å²) in [6.45, 7) is 8.35. The average molecular weight is 406 g/mol. The van der Waals surface area contributed by atoms with Crippen molar-refractivity contribution in [3.05, 3.63) is 88.2 Å². The molecular formula is C24H27N3OS. The lowest BCUT2D eigenvalue weighted by molar-refractivity contribution is -0.118. The molecule has 0 spiro atoms. The van der Waals surface area contributed by atoms with E-state index >= 15 is 0 Å². The second kappa shape index (κ2) is 9.61. The summed E-state index contributed by atoms with van der Waals surface area (Å²) in [6.07, 6.45) is 1.72. The van der Waals surface area contributed by atoms with E-state index in [0.717, 1.165) is 22.7 Å². The molecular weight excluding hydrogens is 378 g/mol. The number of carbonyl (C=O) groups is 1. The highest BCUT2D eigenvalue weighted by Gasteiger charge is 2.11. The maximum atomic E-state index is 12.1. The number of hydrazone groups is 1. The third-order valence-corrected chi connectivity index (χ3v) is 5.95. The molecule has 0 aliphatic carbocycles. The zero-order valence-corrected chi connectivity index (χ0v) is 18.2. The van der Waals surface area contributed by atoms with Crippen LogP contribution < -0.4 is 5.43 Å². The van der Waals surface area contributed by atoms with Crippen molar-refractivity contribution in [3.8, 4) is 5.69 Å². The van der Waals surface area contributed by atoms with Crippen molar-refractivity contribution in [2.75, 3.05) is 5.75 Å². The molecule has 0 atom stereocenters. The third kappa shape index (κ3) is 5.18. The maximum absolute atomic E-state index is 12.1. The fourth-order valence-corrected chi connectivity index (χ4v) is 4.23. The van der Waals surface area contributed by atoms with E-state index in [9.17, 15) is 4.79 Å². The molecule has 1 heterocycles. The van der Waals surface area contributed by atoms with Crippen LogP contribution in [-0.4, -0.2) is 22.4 Å². The van der Waals surface area contributed by atoms with E-state index in [1.807, 2.05) is 24.3 Å². The Morgan fingerprint density at radius 2 is 1.72 bits per heavy atom. The lowest BCUT2D eigenvalue weighted by Gasteiger charge is -2.12. The Labute approximate surface area is 177 Å². The number of aromatic nitrogens is 1. The summed E-state index contributed by atoms with van der Waals surface area (Å²) < 4.78 is 2.22. The van der Waals surface area contributed by atoms with Crippen molar-refractivity contribution in [1.29, 1.82) is 0 Å². The van der Waals surface area contributed by atoms with Crippen LogP contribution in [0, 0.1) is 27.7 Å². The second-order valence-corrected chi connectivity index (χ2v) is 8.15. The number of hydrogen-bond acceptors (Lipinski definition) is 3. The lowest BCUT2D eigenvalue weighted by Crippen LogP contribution is -2.19. The van der Waals surface area contributed by atoms with Crippen molar-refractivity contribution >= 4 is 23.9 Å². The fraction of sp³-hybridized carbons (Fsp3) is 0.250. The summed E-state index contributed by atoms with van der Waals surface area (Å²) in [4.78, 5) is 12.1. The van der Waals surface area contributed by atoms with E-state index in [0.29, 0.717) is 5.75 Å². The van der Waals surface area contributed by atoms with Gasteiger partial charge in [-0.3, -0.25) is 4.79 Å². The van der Waals surface area contributed by atoms with E-state index in [-0.39, 0.29) is 5.91 Å². The molecule has 1 amide bonds. The van der Waals surface area contributed by atoms with Crippen LogP contribution in [-0.2, 0) is 10.5 Å². The highest BCUT2D eigenvalue weighted by atomic mass is 32.2. The smallest absolute Gasteiger partial charge is 0.250 e. The minimum absolute atomic E-state index is 0.0902. The molecule has 3 aromatic rings. The van der Waals surface area contributed by atoms with E-state index in [1.165, 1.54) is 22.4 Å². The molecule has 150 valence electrons. The van der Waals surface area contributed by atoms with Gasteiger partial charge in [0.15, 0.2) is 0 Å². The minimum Gasteiger partial charge on any atom is -0.318 e. The molecule has 1 N–H and O–H groups in total. The summed E-state index contributed by atoms with van der Waals surface area (Å²) in [7, 11) is 0. The molecule has 0 aliphatic heterocycles. The number of nitrogens with one attached hydrogen (secondary N) is 1. The van der Waals surface area contributed by atoms with E-state index in [4.69, 9.17) is 0 Å². The summed E-state index contributed by atoms with van der Waals surface area (Å²) in [5.74, 6) is 1.11. The minimum atomic E-state index is -0.0902. The number of benzene rings is 2. The van der Waals surface area contributed by atoms with Gasteiger partial charge in [0.2, 0.25) is 5.91 Å². The van der Waals surface area contributed by atoms with Crippen LogP contribution >= 0.6 is 11.8 Å². The van der Waals surface area contributed by atoms with Gasteiger partial charge in [0.05, 0.1) is 12.0 Å². The number of amides is 1. The van der Waals surface area contributed by atoms with Gasteiger partial charge in [-0.25, -0.2) is 5.43 Å². The molecule has 0 fully saturated rings. The predicted molar refractivity (Wildman–Crippen MR) is 123 cm³/mol. The molecule has 0 bridgehead atoms. The van der Waals surface area contributed by atoms with Gasteiger partial charge in [0, 0.05) is 28.4 Å². The first-order valence-corrected chi connectivity index (χ1v) is 10.8. The SMILES string of the molecule is Cc1ccccc1CSCC(=O)N/N=C/c1cc(C)n(-c2ccccc2C)c1C. The number of nitrogens with zero attached hydrogens (tertiary/aromatic N) is 2. The van der Waals surface area contributed by atoms with E-state index < -0.39 is 0 Å². The van der Waals surface area contributed by atoms with Gasteiger partial charge in [-0.1, -0.05) is 42.5 Å². The Bertz CT molecular complexity index is 1040. The van der Waals surface area contributed by atoms with Crippen LogP contribution in [0.3, 0.4) is 0 Å². The Morgan fingerprint density at radius 1 is 1.03 bits per heavy atom. The molecule has 0 saturated heterocycles. The van der Waals surface area contributed by atoms with Gasteiger partial charge in [0.25, 0.3) is 0 Å². The Morgan fingerprint density at radius 3 is 2.45 bits per heavy atom. The number of hydrogen-bond donors (Lipinski definition) is 1. The van der Waals surface area contributed by atoms with Gasteiger partial charge >= 0.3 is 0 Å². The zero-order chi connectivity index (χ0) is 20.8. The third-order valence-electron chi connectivity index (χ3n) is 4.97. The van der Waals surface area contributed by atoms with Crippen molar-refractivity contribution in [2.24, 2.45) is 5.10 Å². The topological polar surface area (TPSA) is 46.4 Å². The van der Waals surface area contributed by atoms with Gasteiger partial charge in [-0.2, -0.15) is 5.10 Å². The molecule has 0 unspecified atom stereocenters. The van der Waals surface area contributed by atoms with Gasteiger partial charge in [-0.05, 0) is 56.5 Å². The molecule has 3 rings (SSSR count). The monoisotopic (exact) mass is 405 g/mol. The van der Waals surface area contributed by atoms with Crippen LogP contribution in [0.25, 0.3) is 5.69 Å². The number of aryl methyl sites for hydroxylation is 3. The molecule has 5 heteroatoms. The normalized spacial score (nSPS) is 11.2. The fourth-order valence-electron chi connectivity index (χ4n) is 3.34. The lowest BCUT2D eigenvalue weighted by atomic mass is 10.1. The van der Waals surface area contributed by atoms with E-state index in [1.54, 1.807) is 18.0 Å². The molecule has 29 heavy (non-hydrogen) atoms. The maximum Gasteiger partial charge on any atom is 0.250 e. The summed E-state index contributed by atoms with van der Waals surface area (Å²) in [5, 5.41) is 4.16. The zero-order valence-electron chi connectivity index (χ0n) is 17.4. The van der Waals surface area contributed by atoms with Crippen LogP contribution in [0.15, 0.2) is 59.7 Å². The van der Waals surface area contributed by atoms with Crippen molar-refractivity contribution < 1.29 is 4.79 Å². The summed E-state index contributed by atoms with van der Waals surface area (Å²) in [6, 6.07) is 18.6. The standard InChI is InChI=1S/C24H27N3OS/c1-17-9-5-7-11-21(17)15-29-16-24(28)26-25-14-22-13-19(3)27(20(22)4)23-12-8-6-10-18(23)2/h5-14H,15-16H2,1-4H3,(H,26,28)/b25-14+. The van der Waals surface area contributed by atoms with Crippen molar-refractivity contribution in [2.45, 2.75) is 33.4 Å². The highest BCUT2D eigenvalue weighted by Crippen LogP contribution is 2.22. The Hall–Kier alpha value is -2.79. The average Bonchev–Trinajstić information content (AvgIpc) is 2.97. The molecule has 0 aliphatic rings. The Kier molecular flexibility index (Phi) is 6.94. The van der Waals surface area contributed by atoms with E-state index in [2.05, 4.69) is 73.1 Å². The van der Waals surface area contributed by atoms with Gasteiger partial charge in [0.1, 0.15) is 0 Å². The number of rotatable bonds is 7. The van der Waals surface area contributed by atoms with Crippen molar-refractivity contribution in [3.63, 3.8) is 0 Å². The quantitative estimate of drug-likeness (QED) is 0.439. The van der Waals surface area contributed by atoms with Crippen LogP contribution in [0.5, 0.6) is 0 Å². The van der Waals surface area contributed by atoms with Gasteiger partial charge in [-0.15, -0.1) is 11.8 Å². The first-order chi connectivity index (χ1) is 14.0. The molecule has 2 aromatic carbocycles. The number of para-hydroxylation sites is 1. The first-order valence-electron chi connectivity index (χ1n) is 9.66. The molecule has 0 radical (unpaired) electrons. The van der Waals surface area contributed by atoms with Crippen LogP contribution in [0.2, 0.25) is 0 Å².